The first-order valence-corrected chi connectivity index (χ1v) is 8.22. The van der Waals surface area contributed by atoms with Crippen LogP contribution in [0.3, 0.4) is 0 Å². The van der Waals surface area contributed by atoms with E-state index in [1.165, 1.54) is 4.88 Å². The Hall–Kier alpha value is -1.52. The first kappa shape index (κ1) is 15.9. The highest BCUT2D eigenvalue weighted by Crippen LogP contribution is 2.16. The summed E-state index contributed by atoms with van der Waals surface area (Å²) >= 11 is 6.03. The van der Waals surface area contributed by atoms with Crippen molar-refractivity contribution in [2.75, 3.05) is 6.54 Å². The van der Waals surface area contributed by atoms with Crippen LogP contribution in [0, 0.1) is 6.92 Å². The summed E-state index contributed by atoms with van der Waals surface area (Å²) in [6, 6.07) is 10.0. The molecule has 0 spiro atoms. The van der Waals surface area contributed by atoms with Gasteiger partial charge in [-0.15, -0.1) is 24.0 Å². The molecule has 0 radical (unpaired) electrons. The van der Waals surface area contributed by atoms with Gasteiger partial charge in [0.1, 0.15) is 0 Å². The second kappa shape index (κ2) is 7.48. The van der Waals surface area contributed by atoms with E-state index in [0.29, 0.717) is 13.1 Å². The Bertz CT molecular complexity index is 632. The smallest absolute Gasteiger partial charge is 0.246 e. The SMILES string of the molecule is CCN(Cc1cccs1)C(=O)/C=C/c1ccc(S)c(C)c1. The normalized spacial score (nSPS) is 11.0. The molecule has 0 bridgehead atoms. The Balaban J connectivity index is 2.04. The van der Waals surface area contributed by atoms with Gasteiger partial charge >= 0.3 is 0 Å². The molecule has 1 aromatic carbocycles. The number of benzene rings is 1. The second-order valence-corrected chi connectivity index (χ2v) is 6.33. The van der Waals surface area contributed by atoms with Crippen molar-refractivity contribution in [1.29, 1.82) is 0 Å². The lowest BCUT2D eigenvalue weighted by Crippen LogP contribution is -2.28. The summed E-state index contributed by atoms with van der Waals surface area (Å²) in [5, 5.41) is 2.03. The molecule has 1 heterocycles. The third kappa shape index (κ3) is 4.48. The number of thiophene rings is 1. The number of amides is 1. The summed E-state index contributed by atoms with van der Waals surface area (Å²) in [4.78, 5) is 16.3. The minimum atomic E-state index is 0.0403. The molecule has 0 aliphatic heterocycles. The predicted molar refractivity (Wildman–Crippen MR) is 92.9 cm³/mol. The lowest BCUT2D eigenvalue weighted by Gasteiger charge is -2.18. The summed E-state index contributed by atoms with van der Waals surface area (Å²) in [6.45, 7) is 5.39. The summed E-state index contributed by atoms with van der Waals surface area (Å²) in [5.74, 6) is 0.0403. The number of aryl methyl sites for hydroxylation is 1. The highest BCUT2D eigenvalue weighted by molar-refractivity contribution is 7.80. The van der Waals surface area contributed by atoms with E-state index in [1.807, 2.05) is 54.5 Å². The zero-order chi connectivity index (χ0) is 15.2. The number of hydrogen-bond acceptors (Lipinski definition) is 3. The van der Waals surface area contributed by atoms with Gasteiger partial charge in [-0.25, -0.2) is 0 Å². The van der Waals surface area contributed by atoms with E-state index < -0.39 is 0 Å². The topological polar surface area (TPSA) is 20.3 Å². The van der Waals surface area contributed by atoms with E-state index >= 15 is 0 Å². The molecule has 4 heteroatoms. The fourth-order valence-electron chi connectivity index (χ4n) is 1.99. The molecular formula is C17H19NOS2. The summed E-state index contributed by atoms with van der Waals surface area (Å²) in [5.41, 5.74) is 2.13. The maximum absolute atomic E-state index is 12.3. The van der Waals surface area contributed by atoms with E-state index in [1.54, 1.807) is 17.4 Å². The van der Waals surface area contributed by atoms with Gasteiger partial charge in [-0.1, -0.05) is 18.2 Å². The molecule has 0 atom stereocenters. The Morgan fingerprint density at radius 3 is 2.81 bits per heavy atom. The van der Waals surface area contributed by atoms with Gasteiger partial charge in [0.05, 0.1) is 6.54 Å². The molecule has 0 saturated heterocycles. The van der Waals surface area contributed by atoms with Crippen LogP contribution in [0.15, 0.2) is 46.7 Å². The molecule has 0 unspecified atom stereocenters. The molecular weight excluding hydrogens is 298 g/mol. The predicted octanol–water partition coefficient (Wildman–Crippen LogP) is 4.41. The van der Waals surface area contributed by atoms with Crippen LogP contribution in [0.5, 0.6) is 0 Å². The van der Waals surface area contributed by atoms with Gasteiger partial charge in [0.25, 0.3) is 0 Å². The lowest BCUT2D eigenvalue weighted by atomic mass is 10.1. The molecule has 0 aliphatic carbocycles. The van der Waals surface area contributed by atoms with Gasteiger partial charge in [-0.3, -0.25) is 4.79 Å². The van der Waals surface area contributed by atoms with Crippen molar-refractivity contribution in [3.05, 3.63) is 57.8 Å². The molecule has 2 rings (SSSR count). The third-order valence-corrected chi connectivity index (χ3v) is 4.62. The van der Waals surface area contributed by atoms with E-state index in [-0.39, 0.29) is 5.91 Å². The highest BCUT2D eigenvalue weighted by Gasteiger charge is 2.09. The van der Waals surface area contributed by atoms with Gasteiger partial charge in [0.15, 0.2) is 0 Å². The average Bonchev–Trinajstić information content (AvgIpc) is 2.98. The zero-order valence-corrected chi connectivity index (χ0v) is 14.0. The van der Waals surface area contributed by atoms with Crippen LogP contribution < -0.4 is 0 Å². The van der Waals surface area contributed by atoms with Crippen LogP contribution in [-0.4, -0.2) is 17.4 Å². The summed E-state index contributed by atoms with van der Waals surface area (Å²) in [6.07, 6.45) is 3.50. The van der Waals surface area contributed by atoms with Crippen molar-refractivity contribution in [2.24, 2.45) is 0 Å². The van der Waals surface area contributed by atoms with E-state index in [0.717, 1.165) is 16.0 Å². The molecule has 0 aliphatic rings. The number of rotatable bonds is 5. The van der Waals surface area contributed by atoms with E-state index in [2.05, 4.69) is 18.7 Å². The number of nitrogens with zero attached hydrogens (tertiary/aromatic N) is 1. The zero-order valence-electron chi connectivity index (χ0n) is 12.2. The Kier molecular flexibility index (Phi) is 5.65. The molecule has 2 nitrogen and oxygen atoms in total. The maximum Gasteiger partial charge on any atom is 0.246 e. The van der Waals surface area contributed by atoms with Crippen LogP contribution in [0.2, 0.25) is 0 Å². The molecule has 0 N–H and O–H groups in total. The summed E-state index contributed by atoms with van der Waals surface area (Å²) < 4.78 is 0. The van der Waals surface area contributed by atoms with Crippen molar-refractivity contribution in [1.82, 2.24) is 4.90 Å². The fourth-order valence-corrected chi connectivity index (χ4v) is 2.85. The minimum Gasteiger partial charge on any atom is -0.334 e. The molecule has 0 fully saturated rings. The Morgan fingerprint density at radius 2 is 2.19 bits per heavy atom. The molecule has 1 amide bonds. The number of carbonyl (C=O) groups is 1. The molecule has 110 valence electrons. The van der Waals surface area contributed by atoms with Gasteiger partial charge in [0.2, 0.25) is 5.91 Å². The van der Waals surface area contributed by atoms with E-state index in [9.17, 15) is 4.79 Å². The van der Waals surface area contributed by atoms with Gasteiger partial charge in [0, 0.05) is 22.4 Å². The number of hydrogen-bond donors (Lipinski definition) is 1. The largest absolute Gasteiger partial charge is 0.334 e. The molecule has 21 heavy (non-hydrogen) atoms. The van der Waals surface area contributed by atoms with Gasteiger partial charge in [-0.2, -0.15) is 0 Å². The second-order valence-electron chi connectivity index (χ2n) is 4.81. The van der Waals surface area contributed by atoms with Gasteiger partial charge < -0.3 is 4.90 Å². The van der Waals surface area contributed by atoms with Crippen LogP contribution in [0.4, 0.5) is 0 Å². The standard InChI is InChI=1S/C17H19NOS2/c1-3-18(12-15-5-4-10-21-15)17(19)9-7-14-6-8-16(20)13(2)11-14/h4-11,20H,3,12H2,1-2H3/b9-7+. The van der Waals surface area contributed by atoms with Crippen LogP contribution >= 0.6 is 24.0 Å². The lowest BCUT2D eigenvalue weighted by molar-refractivity contribution is -0.126. The van der Waals surface area contributed by atoms with Crippen LogP contribution in [0.25, 0.3) is 6.08 Å². The quantitative estimate of drug-likeness (QED) is 0.640. The Morgan fingerprint density at radius 1 is 1.38 bits per heavy atom. The molecule has 1 aromatic heterocycles. The molecule has 2 aromatic rings. The molecule has 0 saturated carbocycles. The average molecular weight is 317 g/mol. The van der Waals surface area contributed by atoms with Crippen LogP contribution in [0.1, 0.15) is 22.9 Å². The van der Waals surface area contributed by atoms with Crippen molar-refractivity contribution in [3.8, 4) is 0 Å². The van der Waals surface area contributed by atoms with E-state index in [4.69, 9.17) is 0 Å². The van der Waals surface area contributed by atoms with Crippen molar-refractivity contribution < 1.29 is 4.79 Å². The minimum absolute atomic E-state index is 0.0403. The first-order chi connectivity index (χ1) is 10.1. The van der Waals surface area contributed by atoms with Gasteiger partial charge in [-0.05, 0) is 48.6 Å². The monoisotopic (exact) mass is 317 g/mol. The third-order valence-electron chi connectivity index (χ3n) is 3.26. The van der Waals surface area contributed by atoms with Crippen LogP contribution in [-0.2, 0) is 11.3 Å². The maximum atomic E-state index is 12.3. The van der Waals surface area contributed by atoms with Crippen molar-refractivity contribution >= 4 is 35.9 Å². The van der Waals surface area contributed by atoms with Crippen molar-refractivity contribution in [2.45, 2.75) is 25.3 Å². The highest BCUT2D eigenvalue weighted by atomic mass is 32.1. The number of carbonyl (C=O) groups excluding carboxylic acids is 1. The fraction of sp³-hybridized carbons (Fsp3) is 0.235. The summed E-state index contributed by atoms with van der Waals surface area (Å²) in [7, 11) is 0. The Labute approximate surface area is 135 Å². The first-order valence-electron chi connectivity index (χ1n) is 6.89. The van der Waals surface area contributed by atoms with Crippen molar-refractivity contribution in [3.63, 3.8) is 0 Å². The number of likely N-dealkylation sites (N-methyl/N-ethyl adjacent to an activating group) is 1. The number of thiol groups is 1.